The number of nitrogens with one attached hydrogen (secondary N) is 1. The third kappa shape index (κ3) is 3.60. The molecule has 2 heterocycles. The first kappa shape index (κ1) is 23.4. The molecule has 184 valence electrons. The fourth-order valence-electron chi connectivity index (χ4n) is 6.61. The lowest BCUT2D eigenvalue weighted by atomic mass is 9.63. The molecule has 6 rings (SSSR count). The Morgan fingerprint density at radius 3 is 2.20 bits per heavy atom. The quantitative estimate of drug-likeness (QED) is 0.611. The summed E-state index contributed by atoms with van der Waals surface area (Å²) in [5.74, 6) is -1.40. The molecular formula is C28H32N2O5. The molecule has 0 spiro atoms. The average molecular weight is 477 g/mol. The number of aliphatic carboxylic acids is 1. The molecule has 2 amide bonds. The van der Waals surface area contributed by atoms with Crippen molar-refractivity contribution in [1.82, 2.24) is 10.2 Å². The summed E-state index contributed by atoms with van der Waals surface area (Å²) < 4.78 is 5.69. The summed E-state index contributed by atoms with van der Waals surface area (Å²) in [6.07, 6.45) is 1.27. The molecule has 4 aliphatic rings. The maximum absolute atomic E-state index is 13.7. The van der Waals surface area contributed by atoms with E-state index in [1.54, 1.807) is 6.92 Å². The van der Waals surface area contributed by atoms with Crippen LogP contribution in [0.4, 0.5) is 4.79 Å². The van der Waals surface area contributed by atoms with Crippen molar-refractivity contribution in [3.8, 4) is 11.1 Å². The number of nitrogens with zero attached hydrogens (tertiary/aromatic N) is 1. The number of carbonyl (C=O) groups excluding carboxylic acids is 2. The number of carbonyl (C=O) groups is 3. The Kier molecular flexibility index (Phi) is 5.42. The van der Waals surface area contributed by atoms with E-state index in [1.807, 2.05) is 38.1 Å². The highest BCUT2D eigenvalue weighted by Gasteiger charge is 2.69. The van der Waals surface area contributed by atoms with Crippen LogP contribution in [0.2, 0.25) is 0 Å². The van der Waals surface area contributed by atoms with Crippen LogP contribution in [0.15, 0.2) is 48.5 Å². The Bertz CT molecular complexity index is 1160. The Hall–Kier alpha value is -3.35. The van der Waals surface area contributed by atoms with E-state index in [0.717, 1.165) is 22.3 Å². The minimum Gasteiger partial charge on any atom is -0.479 e. The van der Waals surface area contributed by atoms with Gasteiger partial charge in [-0.25, -0.2) is 9.59 Å². The van der Waals surface area contributed by atoms with Crippen LogP contribution in [-0.2, 0) is 14.3 Å². The van der Waals surface area contributed by atoms with Crippen LogP contribution >= 0.6 is 0 Å². The van der Waals surface area contributed by atoms with Gasteiger partial charge in [-0.05, 0) is 53.9 Å². The van der Waals surface area contributed by atoms with E-state index < -0.39 is 23.1 Å². The number of alkyl carbamates (subject to hydrolysis) is 1. The van der Waals surface area contributed by atoms with Crippen LogP contribution < -0.4 is 5.32 Å². The van der Waals surface area contributed by atoms with Gasteiger partial charge in [0.2, 0.25) is 5.91 Å². The lowest BCUT2D eigenvalue weighted by molar-refractivity contribution is -0.162. The molecule has 2 bridgehead atoms. The third-order valence-corrected chi connectivity index (χ3v) is 8.08. The normalized spacial score (nSPS) is 25.7. The van der Waals surface area contributed by atoms with Crippen LogP contribution in [0.5, 0.6) is 0 Å². The zero-order valence-corrected chi connectivity index (χ0v) is 20.5. The molecule has 0 radical (unpaired) electrons. The Labute approximate surface area is 205 Å². The maximum atomic E-state index is 13.7. The molecule has 2 aliphatic carbocycles. The average Bonchev–Trinajstić information content (AvgIpc) is 3.41. The van der Waals surface area contributed by atoms with Gasteiger partial charge in [-0.3, -0.25) is 4.79 Å². The molecule has 2 aromatic rings. The summed E-state index contributed by atoms with van der Waals surface area (Å²) >= 11 is 0. The van der Waals surface area contributed by atoms with E-state index in [4.69, 9.17) is 4.74 Å². The first-order valence-corrected chi connectivity index (χ1v) is 12.3. The first-order chi connectivity index (χ1) is 16.6. The second-order valence-corrected chi connectivity index (χ2v) is 10.9. The van der Waals surface area contributed by atoms with Crippen LogP contribution in [0.25, 0.3) is 11.1 Å². The number of carboxylic acids is 1. The lowest BCUT2D eigenvalue weighted by Gasteiger charge is -2.44. The Morgan fingerprint density at radius 1 is 1.09 bits per heavy atom. The molecule has 2 saturated heterocycles. The van der Waals surface area contributed by atoms with E-state index in [9.17, 15) is 19.5 Å². The van der Waals surface area contributed by atoms with Crippen molar-refractivity contribution in [2.24, 2.45) is 5.41 Å². The highest BCUT2D eigenvalue weighted by molar-refractivity contribution is 5.96. The van der Waals surface area contributed by atoms with Crippen molar-refractivity contribution >= 4 is 18.0 Å². The van der Waals surface area contributed by atoms with E-state index in [-0.39, 0.29) is 23.8 Å². The summed E-state index contributed by atoms with van der Waals surface area (Å²) in [4.78, 5) is 40.2. The molecule has 0 aromatic heterocycles. The zero-order valence-electron chi connectivity index (χ0n) is 20.5. The predicted octanol–water partition coefficient (Wildman–Crippen LogP) is 4.55. The third-order valence-electron chi connectivity index (χ3n) is 8.08. The van der Waals surface area contributed by atoms with Gasteiger partial charge in [0, 0.05) is 12.5 Å². The van der Waals surface area contributed by atoms with Gasteiger partial charge in [0.1, 0.15) is 17.7 Å². The molecule has 7 nitrogen and oxygen atoms in total. The number of fused-ring (bicyclic) bond motifs is 4. The summed E-state index contributed by atoms with van der Waals surface area (Å²) in [7, 11) is 0. The second kappa shape index (κ2) is 8.11. The summed E-state index contributed by atoms with van der Waals surface area (Å²) in [5, 5.41) is 12.7. The van der Waals surface area contributed by atoms with Gasteiger partial charge in [0.15, 0.2) is 0 Å². The van der Waals surface area contributed by atoms with E-state index >= 15 is 0 Å². The predicted molar refractivity (Wildman–Crippen MR) is 131 cm³/mol. The Balaban J connectivity index is 1.31. The fraction of sp³-hybridized carbons (Fsp3) is 0.464. The molecule has 2 aromatic carbocycles. The van der Waals surface area contributed by atoms with Gasteiger partial charge < -0.3 is 20.1 Å². The highest BCUT2D eigenvalue weighted by Crippen LogP contribution is 2.59. The number of ether oxygens (including phenoxy) is 1. The molecule has 2 aliphatic heterocycles. The van der Waals surface area contributed by atoms with Gasteiger partial charge in [0.05, 0.1) is 0 Å². The fourth-order valence-corrected chi connectivity index (χ4v) is 6.61. The van der Waals surface area contributed by atoms with E-state index in [0.29, 0.717) is 32.2 Å². The number of carboxylic acid groups (broad SMARTS) is 1. The van der Waals surface area contributed by atoms with E-state index in [2.05, 4.69) is 29.6 Å². The molecule has 3 fully saturated rings. The van der Waals surface area contributed by atoms with Gasteiger partial charge >= 0.3 is 12.1 Å². The number of rotatable bonds is 7. The van der Waals surface area contributed by atoms with E-state index in [1.165, 1.54) is 4.90 Å². The molecule has 2 N–H and O–H groups in total. The molecule has 35 heavy (non-hydrogen) atoms. The standard InChI is InChI=1S/C28H32N2O5/c1-4-13-27(3,23(31)30-17-26(2)15-28(30,16-26)24(32)33)29-25(34)35-14-22-20-11-7-5-9-18(20)19-10-6-8-12-21(19)22/h5-12,22H,4,13-17H2,1-3H3,(H,29,34)(H,32,33). The molecule has 7 heteroatoms. The van der Waals surface area contributed by atoms with Crippen molar-refractivity contribution < 1.29 is 24.2 Å². The monoisotopic (exact) mass is 476 g/mol. The minimum atomic E-state index is -1.24. The summed E-state index contributed by atoms with van der Waals surface area (Å²) in [6.45, 7) is 6.16. The summed E-state index contributed by atoms with van der Waals surface area (Å²) in [6, 6.07) is 16.2. The smallest absolute Gasteiger partial charge is 0.408 e. The molecule has 1 unspecified atom stereocenters. The number of amides is 2. The topological polar surface area (TPSA) is 95.9 Å². The van der Waals surface area contributed by atoms with Crippen LogP contribution in [0, 0.1) is 5.41 Å². The van der Waals surface area contributed by atoms with Gasteiger partial charge in [-0.15, -0.1) is 0 Å². The molecular weight excluding hydrogens is 444 g/mol. The van der Waals surface area contributed by atoms with Gasteiger partial charge in [0.25, 0.3) is 0 Å². The minimum absolute atomic E-state index is 0.0812. The maximum Gasteiger partial charge on any atom is 0.408 e. The molecule has 1 saturated carbocycles. The Morgan fingerprint density at radius 2 is 1.66 bits per heavy atom. The van der Waals surface area contributed by atoms with Crippen molar-refractivity contribution in [3.05, 3.63) is 59.7 Å². The molecule has 1 atom stereocenters. The van der Waals surface area contributed by atoms with Crippen molar-refractivity contribution in [1.29, 1.82) is 0 Å². The SMILES string of the molecule is CCCC(C)(NC(=O)OCC1c2ccccc2-c2ccccc21)C(=O)N1CC2(C)CC1(C(=O)O)C2. The summed E-state index contributed by atoms with van der Waals surface area (Å²) in [5.41, 5.74) is 1.93. The lowest BCUT2D eigenvalue weighted by Crippen LogP contribution is -2.63. The van der Waals surface area contributed by atoms with Crippen molar-refractivity contribution in [3.63, 3.8) is 0 Å². The highest BCUT2D eigenvalue weighted by atomic mass is 16.5. The second-order valence-electron chi connectivity index (χ2n) is 10.9. The number of hydrogen-bond acceptors (Lipinski definition) is 4. The largest absolute Gasteiger partial charge is 0.479 e. The zero-order chi connectivity index (χ0) is 25.0. The van der Waals surface area contributed by atoms with Gasteiger partial charge in [-0.1, -0.05) is 68.8 Å². The van der Waals surface area contributed by atoms with Crippen molar-refractivity contribution in [2.45, 2.75) is 63.5 Å². The first-order valence-electron chi connectivity index (χ1n) is 12.3. The van der Waals surface area contributed by atoms with Crippen LogP contribution in [-0.4, -0.2) is 52.2 Å². The van der Waals surface area contributed by atoms with Crippen molar-refractivity contribution in [2.75, 3.05) is 13.2 Å². The number of benzene rings is 2. The van der Waals surface area contributed by atoms with Crippen LogP contribution in [0.3, 0.4) is 0 Å². The van der Waals surface area contributed by atoms with Crippen LogP contribution in [0.1, 0.15) is 63.5 Å². The number of hydrogen-bond donors (Lipinski definition) is 2. The van der Waals surface area contributed by atoms with Gasteiger partial charge in [-0.2, -0.15) is 0 Å².